The van der Waals surface area contributed by atoms with Gasteiger partial charge in [-0.2, -0.15) is 0 Å². The zero-order chi connectivity index (χ0) is 15.5. The lowest BCUT2D eigenvalue weighted by Gasteiger charge is -2.05. The number of fused-ring (bicyclic) bond motifs is 1. The summed E-state index contributed by atoms with van der Waals surface area (Å²) in [5.41, 5.74) is 3.35. The Bertz CT molecular complexity index is 806. The average Bonchev–Trinajstić information content (AvgIpc) is 2.84. The molecule has 0 fully saturated rings. The van der Waals surface area contributed by atoms with E-state index in [0.717, 1.165) is 34.7 Å². The lowest BCUT2D eigenvalue weighted by atomic mass is 10.3. The average molecular weight is 314 g/mol. The number of benzene rings is 2. The third-order valence-corrected chi connectivity index (χ3v) is 3.67. The van der Waals surface area contributed by atoms with Gasteiger partial charge in [0.25, 0.3) is 5.82 Å². The molecule has 0 saturated carbocycles. The summed E-state index contributed by atoms with van der Waals surface area (Å²) >= 11 is 5.89. The molecule has 1 N–H and O–H groups in total. The second-order valence-corrected chi connectivity index (χ2v) is 5.81. The van der Waals surface area contributed by atoms with E-state index in [1.807, 2.05) is 43.3 Å². The van der Waals surface area contributed by atoms with Crippen LogP contribution in [0.2, 0.25) is 5.02 Å². The number of para-hydroxylation sites is 2. The summed E-state index contributed by atoms with van der Waals surface area (Å²) in [6, 6.07) is 15.6. The second kappa shape index (κ2) is 6.24. The molecule has 0 radical (unpaired) electrons. The summed E-state index contributed by atoms with van der Waals surface area (Å²) in [6.07, 6.45) is 0. The van der Waals surface area contributed by atoms with Crippen LogP contribution < -0.4 is 9.30 Å². The molecule has 0 aliphatic carbocycles. The zero-order valence-corrected chi connectivity index (χ0v) is 13.2. The molecular weight excluding hydrogens is 296 g/mol. The lowest BCUT2D eigenvalue weighted by molar-refractivity contribution is -0.672. The largest absolute Gasteiger partial charge is 0.481 e. The number of hydrogen-bond donors (Lipinski definition) is 1. The van der Waals surface area contributed by atoms with Crippen LogP contribution in [0.4, 0.5) is 0 Å². The molecule has 3 nitrogen and oxygen atoms in total. The fourth-order valence-corrected chi connectivity index (χ4v) is 2.56. The SMILES string of the molecule is C=C(C)C[n+]1c(COc2ccc(Cl)cc2)[nH]c2ccccc21. The van der Waals surface area contributed by atoms with Crippen molar-refractivity contribution in [2.75, 3.05) is 0 Å². The summed E-state index contributed by atoms with van der Waals surface area (Å²) in [4.78, 5) is 3.42. The van der Waals surface area contributed by atoms with Crippen LogP contribution in [0.3, 0.4) is 0 Å². The van der Waals surface area contributed by atoms with Crippen molar-refractivity contribution in [3.8, 4) is 5.75 Å². The van der Waals surface area contributed by atoms with Crippen molar-refractivity contribution >= 4 is 22.6 Å². The van der Waals surface area contributed by atoms with E-state index >= 15 is 0 Å². The fourth-order valence-electron chi connectivity index (χ4n) is 2.43. The number of imidazole rings is 1. The van der Waals surface area contributed by atoms with Gasteiger partial charge in [-0.3, -0.25) is 0 Å². The molecule has 0 atom stereocenters. The maximum atomic E-state index is 5.89. The Labute approximate surface area is 134 Å². The van der Waals surface area contributed by atoms with Gasteiger partial charge in [0.05, 0.1) is 0 Å². The smallest absolute Gasteiger partial charge is 0.294 e. The predicted octanol–water partition coefficient (Wildman–Crippen LogP) is 4.26. The topological polar surface area (TPSA) is 28.9 Å². The number of allylic oxidation sites excluding steroid dienone is 1. The molecular formula is C18H18ClN2O+. The zero-order valence-electron chi connectivity index (χ0n) is 12.5. The molecule has 0 aliphatic heterocycles. The molecule has 0 amide bonds. The van der Waals surface area contributed by atoms with Crippen LogP contribution in [0.25, 0.3) is 11.0 Å². The number of halogens is 1. The molecule has 3 aromatic rings. The third-order valence-electron chi connectivity index (χ3n) is 3.42. The highest BCUT2D eigenvalue weighted by atomic mass is 35.5. The number of ether oxygens (including phenoxy) is 1. The van der Waals surface area contributed by atoms with E-state index in [1.165, 1.54) is 0 Å². The van der Waals surface area contributed by atoms with Crippen molar-refractivity contribution in [1.29, 1.82) is 0 Å². The van der Waals surface area contributed by atoms with E-state index in [9.17, 15) is 0 Å². The highest BCUT2D eigenvalue weighted by Crippen LogP contribution is 2.17. The Kier molecular flexibility index (Phi) is 4.16. The number of nitrogens with one attached hydrogen (secondary N) is 1. The lowest BCUT2D eigenvalue weighted by Crippen LogP contribution is -2.38. The van der Waals surface area contributed by atoms with Crippen molar-refractivity contribution < 1.29 is 9.30 Å². The number of nitrogens with zero attached hydrogens (tertiary/aromatic N) is 1. The molecule has 22 heavy (non-hydrogen) atoms. The number of hydrogen-bond acceptors (Lipinski definition) is 1. The maximum absolute atomic E-state index is 5.89. The molecule has 3 rings (SSSR count). The van der Waals surface area contributed by atoms with E-state index in [-0.39, 0.29) is 0 Å². The maximum Gasteiger partial charge on any atom is 0.294 e. The molecule has 1 aromatic heterocycles. The Balaban J connectivity index is 1.88. The predicted molar refractivity (Wildman–Crippen MR) is 89.1 cm³/mol. The van der Waals surface area contributed by atoms with Crippen LogP contribution in [0, 0.1) is 0 Å². The van der Waals surface area contributed by atoms with Gasteiger partial charge in [0, 0.05) is 5.02 Å². The first-order chi connectivity index (χ1) is 10.6. The fraction of sp³-hybridized carbons (Fsp3) is 0.167. The first-order valence-corrected chi connectivity index (χ1v) is 7.53. The van der Waals surface area contributed by atoms with Crippen LogP contribution >= 0.6 is 11.6 Å². The van der Waals surface area contributed by atoms with Gasteiger partial charge < -0.3 is 4.74 Å². The van der Waals surface area contributed by atoms with Crippen LogP contribution in [0.15, 0.2) is 60.7 Å². The van der Waals surface area contributed by atoms with Gasteiger partial charge in [-0.25, -0.2) is 9.55 Å². The van der Waals surface area contributed by atoms with E-state index in [1.54, 1.807) is 0 Å². The number of aromatic nitrogens is 2. The van der Waals surface area contributed by atoms with Crippen LogP contribution in [-0.4, -0.2) is 4.98 Å². The molecule has 4 heteroatoms. The Morgan fingerprint density at radius 1 is 1.18 bits per heavy atom. The molecule has 0 unspecified atom stereocenters. The quantitative estimate of drug-likeness (QED) is 0.553. The molecule has 0 aliphatic rings. The van der Waals surface area contributed by atoms with E-state index in [2.05, 4.69) is 28.3 Å². The molecule has 0 saturated heterocycles. The number of aromatic amines is 1. The third kappa shape index (κ3) is 3.15. The molecule has 0 spiro atoms. The Morgan fingerprint density at radius 2 is 1.91 bits per heavy atom. The van der Waals surface area contributed by atoms with Crippen molar-refractivity contribution in [3.05, 3.63) is 71.5 Å². The van der Waals surface area contributed by atoms with Gasteiger partial charge >= 0.3 is 0 Å². The minimum Gasteiger partial charge on any atom is -0.481 e. The monoisotopic (exact) mass is 313 g/mol. The van der Waals surface area contributed by atoms with Crippen LogP contribution in [-0.2, 0) is 13.2 Å². The first-order valence-electron chi connectivity index (χ1n) is 7.15. The van der Waals surface area contributed by atoms with Crippen molar-refractivity contribution in [3.63, 3.8) is 0 Å². The van der Waals surface area contributed by atoms with Crippen molar-refractivity contribution in [2.24, 2.45) is 0 Å². The van der Waals surface area contributed by atoms with Gasteiger partial charge in [0.15, 0.2) is 17.6 Å². The van der Waals surface area contributed by atoms with Gasteiger partial charge in [0.1, 0.15) is 12.3 Å². The molecule has 1 heterocycles. The van der Waals surface area contributed by atoms with Gasteiger partial charge in [-0.15, -0.1) is 0 Å². The van der Waals surface area contributed by atoms with Crippen LogP contribution in [0.1, 0.15) is 12.7 Å². The summed E-state index contributed by atoms with van der Waals surface area (Å²) in [6.45, 7) is 7.27. The van der Waals surface area contributed by atoms with E-state index in [0.29, 0.717) is 11.6 Å². The first kappa shape index (κ1) is 14.7. The standard InChI is InChI=1S/C18H17ClN2O/c1-13(2)11-21-17-6-4-3-5-16(17)20-18(21)12-22-15-9-7-14(19)8-10-15/h3-10H,1,11-12H2,2H3/p+1. The second-order valence-electron chi connectivity index (χ2n) is 5.37. The van der Waals surface area contributed by atoms with Gasteiger partial charge in [-0.1, -0.05) is 30.3 Å². The minimum absolute atomic E-state index is 0.462. The van der Waals surface area contributed by atoms with Crippen molar-refractivity contribution in [1.82, 2.24) is 4.98 Å². The number of rotatable bonds is 5. The summed E-state index contributed by atoms with van der Waals surface area (Å²) in [5, 5.41) is 0.704. The van der Waals surface area contributed by atoms with Gasteiger partial charge in [0.2, 0.25) is 0 Å². The summed E-state index contributed by atoms with van der Waals surface area (Å²) in [7, 11) is 0. The molecule has 2 aromatic carbocycles. The Hall–Kier alpha value is -2.26. The van der Waals surface area contributed by atoms with E-state index < -0.39 is 0 Å². The minimum atomic E-state index is 0.462. The van der Waals surface area contributed by atoms with E-state index in [4.69, 9.17) is 16.3 Å². The summed E-state index contributed by atoms with van der Waals surface area (Å²) < 4.78 is 8.06. The Morgan fingerprint density at radius 3 is 2.64 bits per heavy atom. The highest BCUT2D eigenvalue weighted by Gasteiger charge is 2.18. The normalized spacial score (nSPS) is 10.8. The molecule has 0 bridgehead atoms. The number of H-pyrrole nitrogens is 1. The molecule has 112 valence electrons. The van der Waals surface area contributed by atoms with Crippen LogP contribution in [0.5, 0.6) is 5.75 Å². The van der Waals surface area contributed by atoms with Gasteiger partial charge in [-0.05, 0) is 48.9 Å². The summed E-state index contributed by atoms with van der Waals surface area (Å²) in [5.74, 6) is 1.81. The van der Waals surface area contributed by atoms with Crippen molar-refractivity contribution in [2.45, 2.75) is 20.1 Å². The highest BCUT2D eigenvalue weighted by molar-refractivity contribution is 6.30.